The first-order valence-electron chi connectivity index (χ1n) is 6.51. The quantitative estimate of drug-likeness (QED) is 0.798. The first-order valence-corrected chi connectivity index (χ1v) is 6.92. The molecule has 1 unspecified atom stereocenters. The van der Waals surface area contributed by atoms with Gasteiger partial charge in [0.2, 0.25) is 5.91 Å². The minimum absolute atomic E-state index is 0.0702. The van der Waals surface area contributed by atoms with E-state index in [4.69, 9.17) is 22.7 Å². The van der Waals surface area contributed by atoms with E-state index < -0.39 is 0 Å². The summed E-state index contributed by atoms with van der Waals surface area (Å²) in [5.41, 5.74) is 8.59. The molecule has 6 heteroatoms. The van der Waals surface area contributed by atoms with Gasteiger partial charge in [0.15, 0.2) is 0 Å². The average Bonchev–Trinajstić information content (AvgIpc) is 2.46. The van der Waals surface area contributed by atoms with Crippen LogP contribution in [0, 0.1) is 6.92 Å². The van der Waals surface area contributed by atoms with Crippen molar-refractivity contribution in [2.45, 2.75) is 13.0 Å². The number of carbonyl (C=O) groups excluding carboxylic acids is 1. The second kappa shape index (κ2) is 6.19. The average molecular weight is 293 g/mol. The number of hydrogen-bond acceptors (Lipinski definition) is 4. The van der Waals surface area contributed by atoms with Crippen molar-refractivity contribution >= 4 is 28.8 Å². The largest absolute Gasteiger partial charge is 0.389 e. The number of anilines is 1. The minimum atomic E-state index is -0.357. The van der Waals surface area contributed by atoms with Crippen LogP contribution in [0.15, 0.2) is 18.2 Å². The van der Waals surface area contributed by atoms with Gasteiger partial charge in [0.25, 0.3) is 0 Å². The summed E-state index contributed by atoms with van der Waals surface area (Å²) >= 11 is 5.13. The fourth-order valence-electron chi connectivity index (χ4n) is 2.37. The highest BCUT2D eigenvalue weighted by atomic mass is 32.1. The molecule has 1 saturated heterocycles. The van der Waals surface area contributed by atoms with Gasteiger partial charge in [-0.05, 0) is 19.1 Å². The van der Waals surface area contributed by atoms with E-state index >= 15 is 0 Å². The first kappa shape index (κ1) is 14.7. The highest BCUT2D eigenvalue weighted by Crippen LogP contribution is 2.25. The van der Waals surface area contributed by atoms with Crippen molar-refractivity contribution in [1.82, 2.24) is 5.32 Å². The molecule has 1 atom stereocenters. The van der Waals surface area contributed by atoms with Crippen molar-refractivity contribution in [3.05, 3.63) is 29.3 Å². The van der Waals surface area contributed by atoms with Gasteiger partial charge in [-0.25, -0.2) is 0 Å². The maximum atomic E-state index is 12.0. The molecule has 0 saturated carbocycles. The highest BCUT2D eigenvalue weighted by Gasteiger charge is 2.30. The third kappa shape index (κ3) is 2.91. The lowest BCUT2D eigenvalue weighted by Crippen LogP contribution is -2.53. The third-order valence-electron chi connectivity index (χ3n) is 3.40. The predicted octanol–water partition coefficient (Wildman–Crippen LogP) is 0.580. The normalized spacial score (nSPS) is 18.7. The van der Waals surface area contributed by atoms with Gasteiger partial charge in [-0.1, -0.05) is 23.8 Å². The van der Waals surface area contributed by atoms with E-state index in [9.17, 15) is 4.79 Å². The fraction of sp³-hybridized carbons (Fsp3) is 0.429. The Bertz CT molecular complexity index is 533. The monoisotopic (exact) mass is 293 g/mol. The molecule has 0 radical (unpaired) electrons. The molecule has 1 heterocycles. The van der Waals surface area contributed by atoms with Crippen LogP contribution < -0.4 is 16.0 Å². The van der Waals surface area contributed by atoms with Gasteiger partial charge in [0, 0.05) is 24.8 Å². The van der Waals surface area contributed by atoms with Crippen LogP contribution in [-0.4, -0.2) is 43.7 Å². The van der Waals surface area contributed by atoms with Crippen LogP contribution in [0.5, 0.6) is 0 Å². The topological polar surface area (TPSA) is 67.6 Å². The van der Waals surface area contributed by atoms with Gasteiger partial charge in [0.1, 0.15) is 11.0 Å². The van der Waals surface area contributed by atoms with Crippen molar-refractivity contribution < 1.29 is 9.53 Å². The summed E-state index contributed by atoms with van der Waals surface area (Å²) in [6.07, 6.45) is 0. The number of carbonyl (C=O) groups is 1. The second-order valence-electron chi connectivity index (χ2n) is 4.78. The Kier molecular flexibility index (Phi) is 4.57. The van der Waals surface area contributed by atoms with Gasteiger partial charge >= 0.3 is 0 Å². The molecule has 1 fully saturated rings. The Labute approximate surface area is 124 Å². The van der Waals surface area contributed by atoms with E-state index in [1.807, 2.05) is 30.0 Å². The zero-order valence-corrected chi connectivity index (χ0v) is 12.5. The summed E-state index contributed by atoms with van der Waals surface area (Å²) in [5, 5.41) is 2.67. The summed E-state index contributed by atoms with van der Waals surface area (Å²) in [6, 6.07) is 5.55. The second-order valence-corrected chi connectivity index (χ2v) is 5.22. The number of likely N-dealkylation sites (N-methyl/N-ethyl adjacent to an activating group) is 1. The van der Waals surface area contributed by atoms with E-state index in [-0.39, 0.29) is 11.9 Å². The van der Waals surface area contributed by atoms with Crippen molar-refractivity contribution in [2.24, 2.45) is 5.73 Å². The standard InChI is InChI=1S/C14H19N3O2S/c1-9-3-4-11(10(7-9)13(15)20)17-5-6-19-8-12(17)14(18)16-2/h3-4,7,12H,5-6,8H2,1-2H3,(H2,15,20)(H,16,18). The molecule has 1 amide bonds. The van der Waals surface area contributed by atoms with Crippen molar-refractivity contribution in [3.8, 4) is 0 Å². The van der Waals surface area contributed by atoms with E-state index in [0.717, 1.165) is 16.8 Å². The van der Waals surface area contributed by atoms with Gasteiger partial charge in [0.05, 0.1) is 13.2 Å². The summed E-state index contributed by atoms with van der Waals surface area (Å²) < 4.78 is 5.41. The van der Waals surface area contributed by atoms with Gasteiger partial charge in [-0.3, -0.25) is 4.79 Å². The Morgan fingerprint density at radius 1 is 1.55 bits per heavy atom. The number of nitrogens with two attached hydrogens (primary N) is 1. The van der Waals surface area contributed by atoms with E-state index in [1.54, 1.807) is 7.05 Å². The molecule has 1 aromatic carbocycles. The maximum Gasteiger partial charge on any atom is 0.244 e. The lowest BCUT2D eigenvalue weighted by molar-refractivity contribution is -0.124. The molecule has 1 aromatic rings. The first-order chi connectivity index (χ1) is 9.54. The van der Waals surface area contributed by atoms with E-state index in [2.05, 4.69) is 5.32 Å². The Hall–Kier alpha value is -1.66. The lowest BCUT2D eigenvalue weighted by Gasteiger charge is -2.37. The molecule has 1 aliphatic heterocycles. The zero-order valence-electron chi connectivity index (χ0n) is 11.7. The number of thiocarbonyl (C=S) groups is 1. The predicted molar refractivity (Wildman–Crippen MR) is 83.1 cm³/mol. The Morgan fingerprint density at radius 2 is 2.30 bits per heavy atom. The Morgan fingerprint density at radius 3 is 2.95 bits per heavy atom. The van der Waals surface area contributed by atoms with E-state index in [1.165, 1.54) is 0 Å². The number of benzene rings is 1. The molecule has 0 aromatic heterocycles. The van der Waals surface area contributed by atoms with Crippen LogP contribution in [-0.2, 0) is 9.53 Å². The molecule has 3 N–H and O–H groups in total. The number of amides is 1. The molecular formula is C14H19N3O2S. The number of nitrogens with one attached hydrogen (secondary N) is 1. The third-order valence-corrected chi connectivity index (χ3v) is 3.62. The van der Waals surface area contributed by atoms with Crippen LogP contribution in [0.25, 0.3) is 0 Å². The SMILES string of the molecule is CNC(=O)C1COCCN1c1ccc(C)cc1C(N)=S. The molecule has 0 bridgehead atoms. The van der Waals surface area contributed by atoms with Gasteiger partial charge in [-0.15, -0.1) is 0 Å². The number of hydrogen-bond donors (Lipinski definition) is 2. The van der Waals surface area contributed by atoms with Gasteiger partial charge < -0.3 is 20.7 Å². The summed E-state index contributed by atoms with van der Waals surface area (Å²) in [4.78, 5) is 14.4. The molecule has 2 rings (SSSR count). The highest BCUT2D eigenvalue weighted by molar-refractivity contribution is 7.80. The fourth-order valence-corrected chi connectivity index (χ4v) is 2.54. The number of morpholine rings is 1. The van der Waals surface area contributed by atoms with Crippen LogP contribution in [0.3, 0.4) is 0 Å². The molecule has 20 heavy (non-hydrogen) atoms. The van der Waals surface area contributed by atoms with Crippen molar-refractivity contribution in [3.63, 3.8) is 0 Å². The summed E-state index contributed by atoms with van der Waals surface area (Å²) in [5.74, 6) is -0.0702. The number of ether oxygens (including phenoxy) is 1. The summed E-state index contributed by atoms with van der Waals surface area (Å²) in [6.45, 7) is 3.57. The van der Waals surface area contributed by atoms with Crippen LogP contribution in [0.4, 0.5) is 5.69 Å². The maximum absolute atomic E-state index is 12.0. The van der Waals surface area contributed by atoms with Gasteiger partial charge in [-0.2, -0.15) is 0 Å². The van der Waals surface area contributed by atoms with Crippen LogP contribution in [0.1, 0.15) is 11.1 Å². The van der Waals surface area contributed by atoms with Crippen LogP contribution in [0.2, 0.25) is 0 Å². The molecule has 1 aliphatic rings. The Balaban J connectivity index is 2.42. The number of nitrogens with zero attached hydrogens (tertiary/aromatic N) is 1. The minimum Gasteiger partial charge on any atom is -0.389 e. The molecule has 5 nitrogen and oxygen atoms in total. The lowest BCUT2D eigenvalue weighted by atomic mass is 10.1. The molecule has 108 valence electrons. The molecular weight excluding hydrogens is 274 g/mol. The molecule has 0 aliphatic carbocycles. The van der Waals surface area contributed by atoms with Crippen LogP contribution >= 0.6 is 12.2 Å². The van der Waals surface area contributed by atoms with Crippen molar-refractivity contribution in [2.75, 3.05) is 31.7 Å². The van der Waals surface area contributed by atoms with Crippen molar-refractivity contribution in [1.29, 1.82) is 0 Å². The zero-order chi connectivity index (χ0) is 14.7. The molecule has 0 spiro atoms. The number of rotatable bonds is 3. The summed E-state index contributed by atoms with van der Waals surface area (Å²) in [7, 11) is 1.62. The smallest absolute Gasteiger partial charge is 0.244 e. The number of aryl methyl sites for hydroxylation is 1. The van der Waals surface area contributed by atoms with E-state index in [0.29, 0.717) is 24.7 Å².